The molecule has 1 atom stereocenters. The first-order valence-corrected chi connectivity index (χ1v) is 6.73. The van der Waals surface area contributed by atoms with Crippen LogP contribution in [0.3, 0.4) is 0 Å². The summed E-state index contributed by atoms with van der Waals surface area (Å²) >= 11 is 6.12. The fraction of sp³-hybridized carbons (Fsp3) is 0.429. The normalized spacial score (nSPS) is 21.7. The highest BCUT2D eigenvalue weighted by Gasteiger charge is 2.42. The van der Waals surface area contributed by atoms with Crippen molar-refractivity contribution in [3.63, 3.8) is 0 Å². The maximum absolute atomic E-state index is 12.0. The van der Waals surface area contributed by atoms with Gasteiger partial charge < -0.3 is 10.2 Å². The van der Waals surface area contributed by atoms with Crippen LogP contribution in [0.5, 0.6) is 0 Å². The number of benzene rings is 1. The zero-order valence-corrected chi connectivity index (χ0v) is 11.8. The van der Waals surface area contributed by atoms with Crippen LogP contribution in [0.1, 0.15) is 32.3 Å². The van der Waals surface area contributed by atoms with Crippen molar-refractivity contribution in [1.82, 2.24) is 5.32 Å². The van der Waals surface area contributed by atoms with Crippen molar-refractivity contribution in [1.29, 1.82) is 0 Å². The highest BCUT2D eigenvalue weighted by atomic mass is 35.5. The largest absolute Gasteiger partial charge is 0.379 e. The number of halogens is 1. The molecule has 0 aliphatic carbocycles. The van der Waals surface area contributed by atoms with Gasteiger partial charge in [-0.15, -0.1) is 0 Å². The van der Waals surface area contributed by atoms with Crippen molar-refractivity contribution >= 4 is 23.2 Å². The molecule has 1 aromatic rings. The number of amides is 1. The van der Waals surface area contributed by atoms with E-state index in [9.17, 15) is 4.79 Å². The Kier molecular flexibility index (Phi) is 4.10. The number of oxime groups is 1. The zero-order chi connectivity index (χ0) is 13.9. The van der Waals surface area contributed by atoms with Gasteiger partial charge in [0.25, 0.3) is 5.91 Å². The van der Waals surface area contributed by atoms with Gasteiger partial charge in [-0.05, 0) is 19.4 Å². The molecule has 1 N–H and O–H groups in total. The maximum atomic E-state index is 12.0. The average molecular weight is 281 g/mol. The molecule has 19 heavy (non-hydrogen) atoms. The van der Waals surface area contributed by atoms with E-state index in [1.165, 1.54) is 0 Å². The van der Waals surface area contributed by atoms with Crippen LogP contribution in [0, 0.1) is 0 Å². The van der Waals surface area contributed by atoms with Crippen LogP contribution >= 0.6 is 11.6 Å². The summed E-state index contributed by atoms with van der Waals surface area (Å²) in [6.07, 6.45) is 1.31. The lowest BCUT2D eigenvalue weighted by Crippen LogP contribution is -2.45. The molecule has 0 aromatic heterocycles. The van der Waals surface area contributed by atoms with Crippen LogP contribution in [-0.2, 0) is 9.63 Å². The molecule has 1 heterocycles. The molecule has 0 unspecified atom stereocenters. The number of hydrogen-bond donors (Lipinski definition) is 1. The molecule has 0 fully saturated rings. The van der Waals surface area contributed by atoms with E-state index in [1.54, 1.807) is 13.0 Å². The van der Waals surface area contributed by atoms with Crippen molar-refractivity contribution in [3.05, 3.63) is 34.9 Å². The average Bonchev–Trinajstić information content (AvgIpc) is 2.80. The van der Waals surface area contributed by atoms with Crippen LogP contribution in [-0.4, -0.2) is 23.8 Å². The number of hydrogen-bond acceptors (Lipinski definition) is 3. The summed E-state index contributed by atoms with van der Waals surface area (Å²) in [5.41, 5.74) is 0.583. The summed E-state index contributed by atoms with van der Waals surface area (Å²) < 4.78 is 0. The minimum Gasteiger partial charge on any atom is -0.379 e. The van der Waals surface area contributed by atoms with E-state index in [4.69, 9.17) is 16.4 Å². The van der Waals surface area contributed by atoms with E-state index in [0.717, 1.165) is 12.0 Å². The monoisotopic (exact) mass is 280 g/mol. The van der Waals surface area contributed by atoms with E-state index in [2.05, 4.69) is 10.5 Å². The highest BCUT2D eigenvalue weighted by molar-refractivity contribution is 6.34. The van der Waals surface area contributed by atoms with Gasteiger partial charge in [0.2, 0.25) is 5.60 Å². The third kappa shape index (κ3) is 2.89. The van der Waals surface area contributed by atoms with Gasteiger partial charge in [0.15, 0.2) is 0 Å². The maximum Gasteiger partial charge on any atom is 0.267 e. The lowest BCUT2D eigenvalue weighted by Gasteiger charge is -2.20. The first-order valence-electron chi connectivity index (χ1n) is 6.35. The van der Waals surface area contributed by atoms with E-state index >= 15 is 0 Å². The Labute approximate surface area is 117 Å². The molecule has 0 saturated heterocycles. The molecule has 102 valence electrons. The van der Waals surface area contributed by atoms with Gasteiger partial charge in [0, 0.05) is 23.6 Å². The molecule has 1 aliphatic heterocycles. The molecule has 1 aromatic carbocycles. The smallest absolute Gasteiger partial charge is 0.267 e. The van der Waals surface area contributed by atoms with Crippen molar-refractivity contribution < 1.29 is 9.63 Å². The van der Waals surface area contributed by atoms with Crippen LogP contribution in [0.25, 0.3) is 0 Å². The Morgan fingerprint density at radius 1 is 1.53 bits per heavy atom. The molecule has 4 nitrogen and oxygen atoms in total. The van der Waals surface area contributed by atoms with Gasteiger partial charge in [-0.3, -0.25) is 4.79 Å². The molecule has 5 heteroatoms. The summed E-state index contributed by atoms with van der Waals surface area (Å²) in [5.74, 6) is -0.139. The van der Waals surface area contributed by atoms with Crippen molar-refractivity contribution in [3.8, 4) is 0 Å². The van der Waals surface area contributed by atoms with Crippen LogP contribution < -0.4 is 5.32 Å². The zero-order valence-electron chi connectivity index (χ0n) is 11.1. The van der Waals surface area contributed by atoms with Gasteiger partial charge in [-0.25, -0.2) is 0 Å². The van der Waals surface area contributed by atoms with Crippen molar-refractivity contribution in [2.24, 2.45) is 5.16 Å². The third-order valence-corrected chi connectivity index (χ3v) is 3.39. The van der Waals surface area contributed by atoms with Crippen LogP contribution in [0.4, 0.5) is 0 Å². The fourth-order valence-electron chi connectivity index (χ4n) is 1.93. The number of rotatable bonds is 4. The first kappa shape index (κ1) is 13.9. The Morgan fingerprint density at radius 3 is 2.95 bits per heavy atom. The minimum absolute atomic E-state index is 0.139. The molecular weight excluding hydrogens is 264 g/mol. The second kappa shape index (κ2) is 5.61. The van der Waals surface area contributed by atoms with Crippen molar-refractivity contribution in [2.45, 2.75) is 32.3 Å². The summed E-state index contributed by atoms with van der Waals surface area (Å²) in [6.45, 7) is 4.38. The predicted molar refractivity (Wildman–Crippen MR) is 75.4 cm³/mol. The summed E-state index contributed by atoms with van der Waals surface area (Å²) in [6, 6.07) is 7.42. The Balaban J connectivity index is 2.10. The van der Waals surface area contributed by atoms with Gasteiger partial charge in [0.1, 0.15) is 0 Å². The number of nitrogens with one attached hydrogen (secondary N) is 1. The molecule has 0 radical (unpaired) electrons. The van der Waals surface area contributed by atoms with Crippen LogP contribution in [0.15, 0.2) is 29.4 Å². The molecule has 1 amide bonds. The second-order valence-electron chi connectivity index (χ2n) is 4.77. The van der Waals surface area contributed by atoms with E-state index in [0.29, 0.717) is 23.7 Å². The Bertz CT molecular complexity index is 516. The number of carbonyl (C=O) groups is 1. The summed E-state index contributed by atoms with van der Waals surface area (Å²) in [7, 11) is 0. The van der Waals surface area contributed by atoms with Crippen molar-refractivity contribution in [2.75, 3.05) is 6.54 Å². The van der Waals surface area contributed by atoms with Gasteiger partial charge >= 0.3 is 0 Å². The molecule has 0 spiro atoms. The topological polar surface area (TPSA) is 50.7 Å². The first-order chi connectivity index (χ1) is 9.07. The van der Waals surface area contributed by atoms with Crippen LogP contribution in [0.2, 0.25) is 5.02 Å². The lowest BCUT2D eigenvalue weighted by atomic mass is 9.95. The molecule has 1 aliphatic rings. The third-order valence-electron chi connectivity index (χ3n) is 3.06. The standard InChI is InChI=1S/C14H17ClN2O2/c1-3-8-16-13(18)14(2)9-12(17-19-14)10-6-4-5-7-11(10)15/h4-7H,3,8-9H2,1-2H3,(H,16,18)/t14-/m1/s1. The lowest BCUT2D eigenvalue weighted by molar-refractivity contribution is -0.141. The molecule has 2 rings (SSSR count). The predicted octanol–water partition coefficient (Wildman–Crippen LogP) is 2.75. The van der Waals surface area contributed by atoms with Gasteiger partial charge in [-0.1, -0.05) is 41.9 Å². The fourth-order valence-corrected chi connectivity index (χ4v) is 2.17. The second-order valence-corrected chi connectivity index (χ2v) is 5.18. The molecule has 0 bridgehead atoms. The molecular formula is C14H17ClN2O2. The number of nitrogens with zero attached hydrogens (tertiary/aromatic N) is 1. The van der Waals surface area contributed by atoms with E-state index in [-0.39, 0.29) is 5.91 Å². The number of carbonyl (C=O) groups excluding carboxylic acids is 1. The quantitative estimate of drug-likeness (QED) is 0.922. The van der Waals surface area contributed by atoms with E-state index < -0.39 is 5.60 Å². The van der Waals surface area contributed by atoms with Gasteiger partial charge in [-0.2, -0.15) is 0 Å². The highest BCUT2D eigenvalue weighted by Crippen LogP contribution is 2.29. The van der Waals surface area contributed by atoms with Gasteiger partial charge in [0.05, 0.1) is 5.71 Å². The van der Waals surface area contributed by atoms with E-state index in [1.807, 2.05) is 25.1 Å². The Morgan fingerprint density at radius 2 is 2.26 bits per heavy atom. The minimum atomic E-state index is -0.941. The summed E-state index contributed by atoms with van der Waals surface area (Å²) in [5, 5.41) is 7.47. The Hall–Kier alpha value is -1.55. The summed E-state index contributed by atoms with van der Waals surface area (Å²) in [4.78, 5) is 17.4. The molecule has 0 saturated carbocycles. The SMILES string of the molecule is CCCNC(=O)[C@@]1(C)CC(c2ccccc2Cl)=NO1.